The van der Waals surface area contributed by atoms with Crippen LogP contribution in [0, 0.1) is 28.1 Å². The number of anilines is 1. The SMILES string of the molecule is COc1cccc(C#N)c1NC1CC2CCC1(C)C2(C)C. The van der Waals surface area contributed by atoms with Crippen molar-refractivity contribution in [2.24, 2.45) is 16.7 Å². The molecule has 3 unspecified atom stereocenters. The number of hydrogen-bond acceptors (Lipinski definition) is 3. The number of nitrogens with zero attached hydrogens (tertiary/aromatic N) is 1. The zero-order chi connectivity index (χ0) is 15.3. The summed E-state index contributed by atoms with van der Waals surface area (Å²) in [5, 5.41) is 13.0. The molecule has 1 N–H and O–H groups in total. The van der Waals surface area contributed by atoms with Gasteiger partial charge in [0.15, 0.2) is 0 Å². The van der Waals surface area contributed by atoms with Gasteiger partial charge in [0.1, 0.15) is 11.8 Å². The summed E-state index contributed by atoms with van der Waals surface area (Å²) in [5.74, 6) is 1.54. The Balaban J connectivity index is 1.95. The molecule has 2 aliphatic rings. The highest BCUT2D eigenvalue weighted by Crippen LogP contribution is 2.66. The van der Waals surface area contributed by atoms with Gasteiger partial charge in [-0.1, -0.05) is 26.8 Å². The Morgan fingerprint density at radius 2 is 2.10 bits per heavy atom. The largest absolute Gasteiger partial charge is 0.495 e. The van der Waals surface area contributed by atoms with Gasteiger partial charge in [-0.25, -0.2) is 0 Å². The molecule has 3 heteroatoms. The van der Waals surface area contributed by atoms with Gasteiger partial charge in [0.05, 0.1) is 18.4 Å². The molecule has 3 rings (SSSR count). The van der Waals surface area contributed by atoms with Crippen LogP contribution in [0.4, 0.5) is 5.69 Å². The summed E-state index contributed by atoms with van der Waals surface area (Å²) >= 11 is 0. The van der Waals surface area contributed by atoms with Crippen molar-refractivity contribution in [1.82, 2.24) is 0 Å². The second-order valence-corrected chi connectivity index (χ2v) is 7.30. The number of rotatable bonds is 3. The summed E-state index contributed by atoms with van der Waals surface area (Å²) in [6, 6.07) is 8.33. The predicted molar refractivity (Wildman–Crippen MR) is 84.3 cm³/mol. The molecule has 0 spiro atoms. The first-order valence-corrected chi connectivity index (χ1v) is 7.77. The van der Waals surface area contributed by atoms with Crippen LogP contribution in [-0.4, -0.2) is 13.2 Å². The van der Waals surface area contributed by atoms with Crippen molar-refractivity contribution in [3.63, 3.8) is 0 Å². The second kappa shape index (κ2) is 4.66. The average molecular weight is 284 g/mol. The van der Waals surface area contributed by atoms with E-state index >= 15 is 0 Å². The van der Waals surface area contributed by atoms with E-state index < -0.39 is 0 Å². The summed E-state index contributed by atoms with van der Waals surface area (Å²) in [6.45, 7) is 7.21. The lowest BCUT2D eigenvalue weighted by molar-refractivity contribution is 0.142. The lowest BCUT2D eigenvalue weighted by Crippen LogP contribution is -2.40. The summed E-state index contributed by atoms with van der Waals surface area (Å²) in [6.07, 6.45) is 3.78. The summed E-state index contributed by atoms with van der Waals surface area (Å²) < 4.78 is 5.45. The molecule has 0 saturated heterocycles. The van der Waals surface area contributed by atoms with E-state index in [1.165, 1.54) is 19.3 Å². The molecular weight excluding hydrogens is 260 g/mol. The number of benzene rings is 1. The van der Waals surface area contributed by atoms with Crippen molar-refractivity contribution < 1.29 is 4.74 Å². The van der Waals surface area contributed by atoms with Crippen LogP contribution in [0.2, 0.25) is 0 Å². The van der Waals surface area contributed by atoms with Crippen LogP contribution in [0.1, 0.15) is 45.6 Å². The van der Waals surface area contributed by atoms with Gasteiger partial charge in [0.2, 0.25) is 0 Å². The fraction of sp³-hybridized carbons (Fsp3) is 0.611. The first kappa shape index (κ1) is 14.3. The maximum Gasteiger partial charge on any atom is 0.143 e. The first-order valence-electron chi connectivity index (χ1n) is 7.77. The van der Waals surface area contributed by atoms with Crippen molar-refractivity contribution in [1.29, 1.82) is 5.26 Å². The molecule has 0 amide bonds. The van der Waals surface area contributed by atoms with Crippen molar-refractivity contribution in [3.05, 3.63) is 23.8 Å². The second-order valence-electron chi connectivity index (χ2n) is 7.30. The van der Waals surface area contributed by atoms with Gasteiger partial charge in [-0.05, 0) is 48.1 Å². The zero-order valence-electron chi connectivity index (χ0n) is 13.4. The van der Waals surface area contributed by atoms with Gasteiger partial charge in [-0.3, -0.25) is 0 Å². The van der Waals surface area contributed by atoms with E-state index in [4.69, 9.17) is 4.74 Å². The summed E-state index contributed by atoms with van der Waals surface area (Å²) in [7, 11) is 1.66. The fourth-order valence-electron chi connectivity index (χ4n) is 4.54. The van der Waals surface area contributed by atoms with E-state index in [0.29, 0.717) is 17.0 Å². The maximum atomic E-state index is 9.37. The minimum atomic E-state index is 0.283. The maximum absolute atomic E-state index is 9.37. The molecule has 0 radical (unpaired) electrons. The Labute approximate surface area is 127 Å². The van der Waals surface area contributed by atoms with Gasteiger partial charge < -0.3 is 10.1 Å². The third-order valence-electron chi connectivity index (χ3n) is 6.48. The molecule has 2 bridgehead atoms. The van der Waals surface area contributed by atoms with E-state index in [-0.39, 0.29) is 5.41 Å². The lowest BCUT2D eigenvalue weighted by Gasteiger charge is -2.40. The van der Waals surface area contributed by atoms with Crippen LogP contribution >= 0.6 is 0 Å². The van der Waals surface area contributed by atoms with Gasteiger partial charge >= 0.3 is 0 Å². The Bertz CT molecular complexity index is 602. The van der Waals surface area contributed by atoms with Crippen LogP contribution in [0.25, 0.3) is 0 Å². The molecule has 21 heavy (non-hydrogen) atoms. The van der Waals surface area contributed by atoms with Crippen molar-refractivity contribution in [2.45, 2.75) is 46.1 Å². The zero-order valence-corrected chi connectivity index (χ0v) is 13.4. The standard InChI is InChI=1S/C18H24N2O/c1-17(2)13-8-9-18(17,3)15(10-13)20-16-12(11-19)6-5-7-14(16)21-4/h5-7,13,15,20H,8-10H2,1-4H3. The molecule has 0 aromatic heterocycles. The summed E-state index contributed by atoms with van der Waals surface area (Å²) in [5.41, 5.74) is 2.17. The van der Waals surface area contributed by atoms with Gasteiger partial charge in [-0.15, -0.1) is 0 Å². The minimum absolute atomic E-state index is 0.283. The number of fused-ring (bicyclic) bond motifs is 2. The molecule has 0 aliphatic heterocycles. The van der Waals surface area contributed by atoms with Crippen LogP contribution < -0.4 is 10.1 Å². The van der Waals surface area contributed by atoms with Crippen LogP contribution in [0.15, 0.2) is 18.2 Å². The number of hydrogen-bond donors (Lipinski definition) is 1. The van der Waals surface area contributed by atoms with Crippen LogP contribution in [-0.2, 0) is 0 Å². The molecule has 1 aromatic rings. The number of nitriles is 1. The smallest absolute Gasteiger partial charge is 0.143 e. The highest BCUT2D eigenvalue weighted by atomic mass is 16.5. The van der Waals surface area contributed by atoms with Crippen LogP contribution in [0.3, 0.4) is 0 Å². The molecule has 112 valence electrons. The first-order chi connectivity index (χ1) is 9.94. The summed E-state index contributed by atoms with van der Waals surface area (Å²) in [4.78, 5) is 0. The van der Waals surface area contributed by atoms with Crippen molar-refractivity contribution in [3.8, 4) is 11.8 Å². The topological polar surface area (TPSA) is 45.0 Å². The molecule has 3 atom stereocenters. The highest BCUT2D eigenvalue weighted by Gasteiger charge is 2.61. The number of nitrogens with one attached hydrogen (secondary N) is 1. The third kappa shape index (κ3) is 1.85. The third-order valence-corrected chi connectivity index (χ3v) is 6.48. The Kier molecular flexibility index (Phi) is 3.16. The van der Waals surface area contributed by atoms with Crippen molar-refractivity contribution in [2.75, 3.05) is 12.4 Å². The van der Waals surface area contributed by atoms with Gasteiger partial charge in [0.25, 0.3) is 0 Å². The number of para-hydroxylation sites is 1. The number of ether oxygens (including phenoxy) is 1. The van der Waals surface area contributed by atoms with E-state index in [1.54, 1.807) is 7.11 Å². The molecular formula is C18H24N2O. The number of methoxy groups -OCH3 is 1. The van der Waals surface area contributed by atoms with E-state index in [0.717, 1.165) is 17.4 Å². The lowest BCUT2D eigenvalue weighted by atomic mass is 9.69. The monoisotopic (exact) mass is 284 g/mol. The Hall–Kier alpha value is -1.69. The van der Waals surface area contributed by atoms with Crippen molar-refractivity contribution >= 4 is 5.69 Å². The minimum Gasteiger partial charge on any atom is -0.495 e. The van der Waals surface area contributed by atoms with E-state index in [9.17, 15) is 5.26 Å². The molecule has 3 nitrogen and oxygen atoms in total. The molecule has 2 fully saturated rings. The van der Waals surface area contributed by atoms with Gasteiger partial charge in [0, 0.05) is 6.04 Å². The quantitative estimate of drug-likeness (QED) is 0.905. The van der Waals surface area contributed by atoms with Gasteiger partial charge in [-0.2, -0.15) is 5.26 Å². The molecule has 2 aliphatic carbocycles. The predicted octanol–water partition coefficient (Wildman–Crippen LogP) is 4.19. The molecule has 0 heterocycles. The van der Waals surface area contributed by atoms with E-state index in [1.807, 2.05) is 18.2 Å². The van der Waals surface area contributed by atoms with Crippen LogP contribution in [0.5, 0.6) is 5.75 Å². The normalized spacial score (nSPS) is 32.7. The average Bonchev–Trinajstić information content (AvgIpc) is 2.80. The molecule has 1 aromatic carbocycles. The molecule has 2 saturated carbocycles. The Morgan fingerprint density at radius 3 is 2.62 bits per heavy atom. The fourth-order valence-corrected chi connectivity index (χ4v) is 4.54. The highest BCUT2D eigenvalue weighted by molar-refractivity contribution is 5.67. The van der Waals surface area contributed by atoms with E-state index in [2.05, 4.69) is 32.2 Å². The Morgan fingerprint density at radius 1 is 1.33 bits per heavy atom.